The van der Waals surface area contributed by atoms with Crippen molar-refractivity contribution in [3.8, 4) is 5.75 Å². The molecule has 2 fully saturated rings. The van der Waals surface area contributed by atoms with Crippen LogP contribution in [0.3, 0.4) is 0 Å². The quantitative estimate of drug-likeness (QED) is 0.904. The predicted molar refractivity (Wildman–Crippen MR) is 83.3 cm³/mol. The first-order chi connectivity index (χ1) is 11.1. The number of hydrogen-bond acceptors (Lipinski definition) is 5. The number of carbonyl (C=O) groups is 1. The third-order valence-electron chi connectivity index (χ3n) is 4.61. The Kier molecular flexibility index (Phi) is 4.84. The number of ether oxygens (including phenoxy) is 3. The Labute approximate surface area is 135 Å². The number of rotatable bonds is 3. The molecule has 1 unspecified atom stereocenters. The van der Waals surface area contributed by atoms with E-state index in [2.05, 4.69) is 0 Å². The fraction of sp³-hybridized carbons (Fsp3) is 0.588. The smallest absolute Gasteiger partial charge is 0.256 e. The van der Waals surface area contributed by atoms with Crippen LogP contribution in [0.5, 0.6) is 5.75 Å². The van der Waals surface area contributed by atoms with E-state index >= 15 is 0 Å². The van der Waals surface area contributed by atoms with Gasteiger partial charge in [-0.05, 0) is 17.7 Å². The van der Waals surface area contributed by atoms with Crippen LogP contribution >= 0.6 is 0 Å². The lowest BCUT2D eigenvalue weighted by atomic mass is 9.91. The Morgan fingerprint density at radius 3 is 2.87 bits per heavy atom. The normalized spacial score (nSPS) is 21.9. The van der Waals surface area contributed by atoms with Crippen molar-refractivity contribution in [3.63, 3.8) is 0 Å². The highest BCUT2D eigenvalue weighted by Crippen LogP contribution is 2.30. The molecule has 1 N–H and O–H groups in total. The molecule has 6 nitrogen and oxygen atoms in total. The van der Waals surface area contributed by atoms with Crippen molar-refractivity contribution in [3.05, 3.63) is 29.8 Å². The van der Waals surface area contributed by atoms with Gasteiger partial charge in [0.1, 0.15) is 5.75 Å². The highest BCUT2D eigenvalue weighted by atomic mass is 16.5. The van der Waals surface area contributed by atoms with E-state index in [4.69, 9.17) is 14.2 Å². The molecule has 0 aromatic heterocycles. The van der Waals surface area contributed by atoms with Crippen LogP contribution in [0.2, 0.25) is 0 Å². The third kappa shape index (κ3) is 3.49. The summed E-state index contributed by atoms with van der Waals surface area (Å²) in [5.74, 6) is 0.338. The van der Waals surface area contributed by atoms with E-state index in [1.54, 1.807) is 36.3 Å². The zero-order valence-corrected chi connectivity index (χ0v) is 13.4. The molecule has 1 amide bonds. The first-order valence-corrected chi connectivity index (χ1v) is 7.96. The van der Waals surface area contributed by atoms with Crippen molar-refractivity contribution < 1.29 is 24.1 Å². The van der Waals surface area contributed by atoms with E-state index in [1.165, 1.54) is 0 Å². The van der Waals surface area contributed by atoms with Crippen LogP contribution in [-0.2, 0) is 14.3 Å². The molecule has 2 saturated heterocycles. The molecule has 1 aromatic carbocycles. The number of morpholine rings is 1. The number of amides is 1. The number of aliphatic hydroxyl groups excluding tert-OH is 1. The van der Waals surface area contributed by atoms with Gasteiger partial charge in [-0.2, -0.15) is 0 Å². The van der Waals surface area contributed by atoms with Crippen LogP contribution in [0.4, 0.5) is 0 Å². The molecule has 1 atom stereocenters. The van der Waals surface area contributed by atoms with Gasteiger partial charge in [0.05, 0.1) is 25.9 Å². The van der Waals surface area contributed by atoms with Crippen molar-refractivity contribution in [1.82, 2.24) is 4.90 Å². The summed E-state index contributed by atoms with van der Waals surface area (Å²) in [5, 5.41) is 10.4. The molecule has 23 heavy (non-hydrogen) atoms. The van der Waals surface area contributed by atoms with Gasteiger partial charge in [-0.25, -0.2) is 0 Å². The Hall–Kier alpha value is -1.63. The number of carbonyl (C=O) groups excluding carboxylic acids is 1. The van der Waals surface area contributed by atoms with Gasteiger partial charge in [-0.15, -0.1) is 0 Å². The fourth-order valence-corrected chi connectivity index (χ4v) is 3.21. The zero-order valence-electron chi connectivity index (χ0n) is 13.4. The van der Waals surface area contributed by atoms with E-state index in [0.29, 0.717) is 44.2 Å². The highest BCUT2D eigenvalue weighted by molar-refractivity contribution is 5.82. The van der Waals surface area contributed by atoms with E-state index < -0.39 is 6.10 Å². The number of nitrogens with zero attached hydrogens (tertiary/aromatic N) is 1. The number of methoxy groups -OCH3 is 1. The number of aliphatic hydroxyl groups is 1. The standard InChI is InChI=1S/C17H23NO5/c1-21-14-4-2-3-13(11-14)15(19)16(20)18-7-10-23-17(12-18)5-8-22-9-6-17/h2-4,11,15,19H,5-10,12H2,1H3. The molecule has 126 valence electrons. The predicted octanol–water partition coefficient (Wildman–Crippen LogP) is 1.14. The van der Waals surface area contributed by atoms with Crippen molar-refractivity contribution in [2.75, 3.05) is 40.0 Å². The second-order valence-electron chi connectivity index (χ2n) is 6.08. The number of benzene rings is 1. The topological polar surface area (TPSA) is 68.2 Å². The minimum Gasteiger partial charge on any atom is -0.497 e. The van der Waals surface area contributed by atoms with E-state index in [0.717, 1.165) is 12.8 Å². The minimum atomic E-state index is -1.18. The first-order valence-electron chi connectivity index (χ1n) is 7.96. The summed E-state index contributed by atoms with van der Waals surface area (Å²) in [6, 6.07) is 6.97. The van der Waals surface area contributed by atoms with Gasteiger partial charge in [-0.1, -0.05) is 12.1 Å². The largest absolute Gasteiger partial charge is 0.497 e. The van der Waals surface area contributed by atoms with Gasteiger partial charge in [-0.3, -0.25) is 4.79 Å². The van der Waals surface area contributed by atoms with Crippen molar-refractivity contribution in [2.45, 2.75) is 24.5 Å². The summed E-state index contributed by atoms with van der Waals surface area (Å²) in [4.78, 5) is 14.4. The van der Waals surface area contributed by atoms with Crippen LogP contribution in [0, 0.1) is 0 Å². The van der Waals surface area contributed by atoms with Gasteiger partial charge in [0.15, 0.2) is 6.10 Å². The zero-order chi connectivity index (χ0) is 16.3. The lowest BCUT2D eigenvalue weighted by molar-refractivity contribution is -0.173. The van der Waals surface area contributed by atoms with Crippen molar-refractivity contribution in [1.29, 1.82) is 0 Å². The maximum atomic E-state index is 12.7. The maximum absolute atomic E-state index is 12.7. The molecular formula is C17H23NO5. The second kappa shape index (κ2) is 6.86. The molecule has 0 saturated carbocycles. The van der Waals surface area contributed by atoms with Gasteiger partial charge >= 0.3 is 0 Å². The second-order valence-corrected chi connectivity index (χ2v) is 6.08. The molecule has 2 heterocycles. The highest BCUT2D eigenvalue weighted by Gasteiger charge is 2.40. The third-order valence-corrected chi connectivity index (χ3v) is 4.61. The molecule has 0 radical (unpaired) electrons. The van der Waals surface area contributed by atoms with E-state index in [1.807, 2.05) is 0 Å². The molecule has 3 rings (SSSR count). The molecule has 1 spiro atoms. The summed E-state index contributed by atoms with van der Waals surface area (Å²) >= 11 is 0. The molecule has 2 aliphatic rings. The fourth-order valence-electron chi connectivity index (χ4n) is 3.21. The summed E-state index contributed by atoms with van der Waals surface area (Å²) in [6.45, 7) is 2.82. The summed E-state index contributed by atoms with van der Waals surface area (Å²) in [7, 11) is 1.56. The summed E-state index contributed by atoms with van der Waals surface area (Å²) in [5.41, 5.74) is 0.224. The van der Waals surface area contributed by atoms with Crippen LogP contribution in [0.1, 0.15) is 24.5 Å². The lowest BCUT2D eigenvalue weighted by Gasteiger charge is -2.45. The Morgan fingerprint density at radius 2 is 2.13 bits per heavy atom. The Morgan fingerprint density at radius 1 is 1.35 bits per heavy atom. The SMILES string of the molecule is COc1cccc(C(O)C(=O)N2CCOC3(CCOCC3)C2)c1. The number of hydrogen-bond donors (Lipinski definition) is 1. The average Bonchev–Trinajstić information content (AvgIpc) is 2.61. The summed E-state index contributed by atoms with van der Waals surface area (Å²) < 4.78 is 16.5. The van der Waals surface area contributed by atoms with Crippen LogP contribution < -0.4 is 4.74 Å². The molecule has 0 bridgehead atoms. The first kappa shape index (κ1) is 16.2. The van der Waals surface area contributed by atoms with E-state index in [-0.39, 0.29) is 11.5 Å². The molecule has 1 aromatic rings. The Bertz CT molecular complexity index is 550. The molecule has 6 heteroatoms. The van der Waals surface area contributed by atoms with Crippen LogP contribution in [0.15, 0.2) is 24.3 Å². The van der Waals surface area contributed by atoms with Crippen molar-refractivity contribution in [2.24, 2.45) is 0 Å². The molecule has 2 aliphatic heterocycles. The van der Waals surface area contributed by atoms with Gasteiger partial charge in [0, 0.05) is 32.6 Å². The Balaban J connectivity index is 1.71. The molecular weight excluding hydrogens is 298 g/mol. The molecule has 0 aliphatic carbocycles. The minimum absolute atomic E-state index is 0.285. The lowest BCUT2D eigenvalue weighted by Crippen LogP contribution is -2.56. The van der Waals surface area contributed by atoms with Gasteiger partial charge < -0.3 is 24.2 Å². The van der Waals surface area contributed by atoms with Crippen LogP contribution in [-0.4, -0.2) is 61.5 Å². The van der Waals surface area contributed by atoms with Gasteiger partial charge in [0.2, 0.25) is 0 Å². The summed E-state index contributed by atoms with van der Waals surface area (Å²) in [6.07, 6.45) is 0.387. The maximum Gasteiger partial charge on any atom is 0.256 e. The van der Waals surface area contributed by atoms with Crippen molar-refractivity contribution >= 4 is 5.91 Å². The average molecular weight is 321 g/mol. The van der Waals surface area contributed by atoms with Crippen LogP contribution in [0.25, 0.3) is 0 Å². The van der Waals surface area contributed by atoms with E-state index in [9.17, 15) is 9.90 Å². The van der Waals surface area contributed by atoms with Gasteiger partial charge in [0.25, 0.3) is 5.91 Å². The monoisotopic (exact) mass is 321 g/mol.